The van der Waals surface area contributed by atoms with E-state index in [2.05, 4.69) is 67.5 Å². The lowest BCUT2D eigenvalue weighted by molar-refractivity contribution is 0.308. The summed E-state index contributed by atoms with van der Waals surface area (Å²) in [6.07, 6.45) is 8.43. The van der Waals surface area contributed by atoms with Crippen LogP contribution in [0.5, 0.6) is 0 Å². The Morgan fingerprint density at radius 1 is 0.875 bits per heavy atom. The lowest BCUT2D eigenvalue weighted by atomic mass is 9.71. The minimum absolute atomic E-state index is 0. The van der Waals surface area contributed by atoms with Crippen LogP contribution in [0.4, 0.5) is 0 Å². The highest BCUT2D eigenvalue weighted by Crippen LogP contribution is 2.41. The molecule has 1 aliphatic rings. The van der Waals surface area contributed by atoms with Crippen LogP contribution in [-0.2, 0) is 10.8 Å². The molecule has 1 aromatic carbocycles. The van der Waals surface area contributed by atoms with Crippen LogP contribution in [0, 0.1) is 12.8 Å². The van der Waals surface area contributed by atoms with Gasteiger partial charge in [-0.05, 0) is 77.5 Å². The predicted octanol–water partition coefficient (Wildman–Crippen LogP) is 7.91. The first-order chi connectivity index (χ1) is 11.0. The normalized spacial score (nSPS) is 22.7. The highest BCUT2D eigenvalue weighted by Gasteiger charge is 2.28. The van der Waals surface area contributed by atoms with Gasteiger partial charge in [0.1, 0.15) is 0 Å². The number of hydrogen-bond donors (Lipinski definition) is 0. The predicted molar refractivity (Wildman–Crippen MR) is 110 cm³/mol. The van der Waals surface area contributed by atoms with Crippen molar-refractivity contribution in [1.82, 2.24) is 0 Å². The summed E-state index contributed by atoms with van der Waals surface area (Å²) in [5.74, 6) is 1.77. The SMILES string of the molecule is CCCC1CCC(c2cc(C(C)(C)C)c(C)c(C(C)(C)C)c2)CC1.[HH]. The average Bonchev–Trinajstić information content (AvgIpc) is 2.46. The molecule has 138 valence electrons. The number of hydrogen-bond acceptors (Lipinski definition) is 0. The fraction of sp³-hybridized carbons (Fsp3) is 0.750. The average molecular weight is 331 g/mol. The summed E-state index contributed by atoms with van der Waals surface area (Å²) >= 11 is 0. The highest BCUT2D eigenvalue weighted by molar-refractivity contribution is 5.46. The van der Waals surface area contributed by atoms with Crippen LogP contribution in [0.2, 0.25) is 0 Å². The first-order valence-corrected chi connectivity index (χ1v) is 10.2. The Balaban J connectivity index is 0.00000312. The van der Waals surface area contributed by atoms with Crippen molar-refractivity contribution in [3.05, 3.63) is 34.4 Å². The Labute approximate surface area is 152 Å². The zero-order valence-electron chi connectivity index (χ0n) is 17.6. The van der Waals surface area contributed by atoms with E-state index in [1.807, 2.05) is 0 Å². The molecule has 0 atom stereocenters. The van der Waals surface area contributed by atoms with Crippen LogP contribution in [0.15, 0.2) is 12.1 Å². The molecule has 1 aliphatic carbocycles. The van der Waals surface area contributed by atoms with Gasteiger partial charge in [-0.25, -0.2) is 0 Å². The third-order valence-corrected chi connectivity index (χ3v) is 6.06. The van der Waals surface area contributed by atoms with Crippen molar-refractivity contribution in [3.63, 3.8) is 0 Å². The van der Waals surface area contributed by atoms with E-state index < -0.39 is 0 Å². The second-order valence-electron chi connectivity index (χ2n) is 10.2. The van der Waals surface area contributed by atoms with E-state index in [4.69, 9.17) is 0 Å². The van der Waals surface area contributed by atoms with Gasteiger partial charge >= 0.3 is 0 Å². The smallest absolute Gasteiger partial charge is 0 e. The lowest BCUT2D eigenvalue weighted by Gasteiger charge is -2.33. The van der Waals surface area contributed by atoms with Crippen molar-refractivity contribution in [1.29, 1.82) is 0 Å². The van der Waals surface area contributed by atoms with Crippen LogP contribution in [0.25, 0.3) is 0 Å². The van der Waals surface area contributed by atoms with Crippen molar-refractivity contribution >= 4 is 0 Å². The van der Waals surface area contributed by atoms with Gasteiger partial charge in [-0.3, -0.25) is 0 Å². The molecule has 0 bridgehead atoms. The summed E-state index contributed by atoms with van der Waals surface area (Å²) in [6.45, 7) is 18.9. The maximum Gasteiger partial charge on any atom is 0 e. The molecule has 0 nitrogen and oxygen atoms in total. The summed E-state index contributed by atoms with van der Waals surface area (Å²) in [6, 6.07) is 5.10. The molecule has 0 N–H and O–H groups in total. The topological polar surface area (TPSA) is 0 Å². The van der Waals surface area contributed by atoms with E-state index >= 15 is 0 Å². The van der Waals surface area contributed by atoms with Gasteiger partial charge in [-0.1, -0.05) is 73.4 Å². The first kappa shape index (κ1) is 19.5. The van der Waals surface area contributed by atoms with Crippen molar-refractivity contribution in [2.45, 2.75) is 111 Å². The van der Waals surface area contributed by atoms with E-state index in [0.717, 1.165) is 11.8 Å². The highest BCUT2D eigenvalue weighted by atomic mass is 14.3. The van der Waals surface area contributed by atoms with Gasteiger partial charge in [0.25, 0.3) is 0 Å². The van der Waals surface area contributed by atoms with Crippen molar-refractivity contribution in [2.24, 2.45) is 5.92 Å². The standard InChI is InChI=1S/C24H40.H2/c1-9-10-18-11-13-19(14-12-18)20-15-21(23(3,4)5)17(2)22(16-20)24(6,7)8;/h15-16,18-19H,9-14H2,1-8H3;1H. The Kier molecular flexibility index (Phi) is 5.88. The summed E-state index contributed by atoms with van der Waals surface area (Å²) in [5.41, 5.74) is 6.68. The zero-order valence-corrected chi connectivity index (χ0v) is 17.6. The first-order valence-electron chi connectivity index (χ1n) is 10.2. The molecule has 0 aliphatic heterocycles. The summed E-state index contributed by atoms with van der Waals surface area (Å²) < 4.78 is 0. The van der Waals surface area contributed by atoms with Gasteiger partial charge in [0.05, 0.1) is 0 Å². The molecule has 0 amide bonds. The van der Waals surface area contributed by atoms with Crippen molar-refractivity contribution < 1.29 is 1.43 Å². The minimum Gasteiger partial charge on any atom is -0.0654 e. The van der Waals surface area contributed by atoms with Crippen molar-refractivity contribution in [3.8, 4) is 0 Å². The van der Waals surface area contributed by atoms with Crippen molar-refractivity contribution in [2.75, 3.05) is 0 Å². The van der Waals surface area contributed by atoms with Gasteiger partial charge in [0.15, 0.2) is 0 Å². The maximum absolute atomic E-state index is 2.55. The molecule has 0 unspecified atom stereocenters. The minimum atomic E-state index is 0. The molecule has 0 aromatic heterocycles. The van der Waals surface area contributed by atoms with Crippen LogP contribution >= 0.6 is 0 Å². The summed E-state index contributed by atoms with van der Waals surface area (Å²) in [4.78, 5) is 0. The maximum atomic E-state index is 2.55. The Bertz CT molecular complexity index is 513. The summed E-state index contributed by atoms with van der Waals surface area (Å²) in [5, 5.41) is 0. The van der Waals surface area contributed by atoms with Gasteiger partial charge in [-0.2, -0.15) is 0 Å². The number of rotatable bonds is 3. The van der Waals surface area contributed by atoms with E-state index in [-0.39, 0.29) is 12.3 Å². The Morgan fingerprint density at radius 3 is 1.71 bits per heavy atom. The molecule has 1 aromatic rings. The molecular formula is C24H42. The largest absolute Gasteiger partial charge is 0.0654 e. The van der Waals surface area contributed by atoms with Crippen LogP contribution < -0.4 is 0 Å². The molecule has 0 saturated heterocycles. The fourth-order valence-electron chi connectivity index (χ4n) is 4.72. The van der Waals surface area contributed by atoms with Gasteiger partial charge in [-0.15, -0.1) is 0 Å². The molecular weight excluding hydrogens is 288 g/mol. The van der Waals surface area contributed by atoms with E-state index in [1.54, 1.807) is 16.7 Å². The van der Waals surface area contributed by atoms with Crippen LogP contribution in [-0.4, -0.2) is 0 Å². The molecule has 0 heterocycles. The molecule has 0 radical (unpaired) electrons. The second-order valence-corrected chi connectivity index (χ2v) is 10.2. The molecule has 1 fully saturated rings. The molecule has 24 heavy (non-hydrogen) atoms. The van der Waals surface area contributed by atoms with Gasteiger partial charge in [0.2, 0.25) is 0 Å². The Hall–Kier alpha value is -0.780. The third kappa shape index (κ3) is 4.44. The molecule has 0 heteroatoms. The monoisotopic (exact) mass is 330 g/mol. The quantitative estimate of drug-likeness (QED) is 0.528. The second kappa shape index (κ2) is 7.22. The van der Waals surface area contributed by atoms with Gasteiger partial charge in [0, 0.05) is 1.43 Å². The van der Waals surface area contributed by atoms with E-state index in [1.165, 1.54) is 44.1 Å². The van der Waals surface area contributed by atoms with Crippen LogP contribution in [0.3, 0.4) is 0 Å². The van der Waals surface area contributed by atoms with E-state index in [9.17, 15) is 0 Å². The van der Waals surface area contributed by atoms with Crippen LogP contribution in [0.1, 0.15) is 117 Å². The van der Waals surface area contributed by atoms with E-state index in [0.29, 0.717) is 0 Å². The third-order valence-electron chi connectivity index (χ3n) is 6.06. The zero-order chi connectivity index (χ0) is 18.1. The molecule has 2 rings (SSSR count). The fourth-order valence-corrected chi connectivity index (χ4v) is 4.72. The number of benzene rings is 1. The summed E-state index contributed by atoms with van der Waals surface area (Å²) in [7, 11) is 0. The van der Waals surface area contributed by atoms with Gasteiger partial charge < -0.3 is 0 Å². The Morgan fingerprint density at radius 2 is 1.33 bits per heavy atom. The molecule has 0 spiro atoms. The lowest BCUT2D eigenvalue weighted by Crippen LogP contribution is -2.21. The molecule has 1 saturated carbocycles.